The Hall–Kier alpha value is -0.370. The lowest BCUT2D eigenvalue weighted by atomic mass is 9.44. The molecular weight excluding hydrogens is 260 g/mol. The third-order valence-electron chi connectivity index (χ3n) is 8.46. The highest BCUT2D eigenvalue weighted by molar-refractivity contribution is 5.79. The van der Waals surface area contributed by atoms with Gasteiger partial charge < -0.3 is 5.11 Å². The molecule has 4 fully saturated rings. The van der Waals surface area contributed by atoms with E-state index in [0.717, 1.165) is 32.1 Å². The molecule has 0 radical (unpaired) electrons. The van der Waals surface area contributed by atoms with Gasteiger partial charge in [0.15, 0.2) is 0 Å². The minimum atomic E-state index is -0.411. The third kappa shape index (κ3) is 1.72. The van der Waals surface area contributed by atoms with Gasteiger partial charge >= 0.3 is 0 Å². The molecule has 4 unspecified atom stereocenters. The van der Waals surface area contributed by atoms with Gasteiger partial charge in [-0.05, 0) is 80.0 Å². The van der Waals surface area contributed by atoms with Crippen molar-refractivity contribution >= 4 is 5.78 Å². The van der Waals surface area contributed by atoms with Crippen molar-refractivity contribution in [2.45, 2.75) is 83.7 Å². The molecule has 2 nitrogen and oxygen atoms in total. The predicted molar refractivity (Wildman–Crippen MR) is 82.8 cm³/mol. The lowest BCUT2D eigenvalue weighted by Gasteiger charge is -2.62. The molecule has 0 aromatic carbocycles. The van der Waals surface area contributed by atoms with E-state index < -0.39 is 5.60 Å². The Morgan fingerprint density at radius 2 is 1.81 bits per heavy atom. The first-order chi connectivity index (χ1) is 9.89. The maximum absolute atomic E-state index is 11.9. The summed E-state index contributed by atoms with van der Waals surface area (Å²) in [6, 6.07) is 0. The van der Waals surface area contributed by atoms with Crippen LogP contribution in [0.4, 0.5) is 0 Å². The number of rotatable bonds is 0. The standard InChI is InChI=1S/C19H30O2/c1-17-8-3-9-19(17,21)16-5-4-13-12-14(20)6-11-18(13,2)15(16)7-10-17/h13,15-16,21H,3-12H2,1-2H3/t13-,15?,16?,17?,18?,19-/m1/s1. The molecule has 0 saturated heterocycles. The summed E-state index contributed by atoms with van der Waals surface area (Å²) in [5.74, 6) is 2.22. The molecule has 0 aromatic heterocycles. The Morgan fingerprint density at radius 1 is 1.00 bits per heavy atom. The van der Waals surface area contributed by atoms with Gasteiger partial charge in [0.1, 0.15) is 5.78 Å². The summed E-state index contributed by atoms with van der Waals surface area (Å²) in [5.41, 5.74) is 0.0731. The number of Topliss-reactive ketones (excluding diaryl/α,β-unsaturated/α-hetero) is 1. The lowest BCUT2D eigenvalue weighted by Crippen LogP contribution is -2.61. The molecule has 0 aliphatic heterocycles. The van der Waals surface area contributed by atoms with Crippen LogP contribution in [0, 0.1) is 28.6 Å². The monoisotopic (exact) mass is 290 g/mol. The molecule has 6 atom stereocenters. The Bertz CT molecular complexity index is 472. The second-order valence-corrected chi connectivity index (χ2v) is 9.11. The van der Waals surface area contributed by atoms with E-state index in [4.69, 9.17) is 0 Å². The first-order valence-corrected chi connectivity index (χ1v) is 9.13. The Labute approximate surface area is 128 Å². The van der Waals surface area contributed by atoms with Crippen molar-refractivity contribution < 1.29 is 9.90 Å². The van der Waals surface area contributed by atoms with Crippen molar-refractivity contribution in [1.29, 1.82) is 0 Å². The van der Waals surface area contributed by atoms with E-state index in [1.165, 1.54) is 32.1 Å². The highest BCUT2D eigenvalue weighted by Gasteiger charge is 2.64. The molecule has 4 rings (SSSR count). The van der Waals surface area contributed by atoms with Crippen LogP contribution in [0.15, 0.2) is 0 Å². The van der Waals surface area contributed by atoms with Gasteiger partial charge in [-0.3, -0.25) is 4.79 Å². The van der Waals surface area contributed by atoms with Gasteiger partial charge in [0.2, 0.25) is 0 Å². The summed E-state index contributed by atoms with van der Waals surface area (Å²) in [5, 5.41) is 11.6. The highest BCUT2D eigenvalue weighted by atomic mass is 16.3. The summed E-state index contributed by atoms with van der Waals surface area (Å²) in [7, 11) is 0. The topological polar surface area (TPSA) is 37.3 Å². The molecule has 0 amide bonds. The summed E-state index contributed by atoms with van der Waals surface area (Å²) in [6.07, 6.45) is 10.9. The predicted octanol–water partition coefficient (Wildman–Crippen LogP) is 4.10. The normalized spacial score (nSPS) is 56.5. The van der Waals surface area contributed by atoms with Crippen LogP contribution in [0.1, 0.15) is 78.1 Å². The van der Waals surface area contributed by atoms with Crippen molar-refractivity contribution in [2.75, 3.05) is 0 Å². The van der Waals surface area contributed by atoms with E-state index in [9.17, 15) is 9.90 Å². The van der Waals surface area contributed by atoms with Crippen LogP contribution in [0.2, 0.25) is 0 Å². The summed E-state index contributed by atoms with van der Waals surface area (Å²) < 4.78 is 0. The molecule has 2 heteroatoms. The van der Waals surface area contributed by atoms with Gasteiger partial charge in [0.25, 0.3) is 0 Å². The zero-order valence-electron chi connectivity index (χ0n) is 13.7. The van der Waals surface area contributed by atoms with Crippen LogP contribution < -0.4 is 0 Å². The Morgan fingerprint density at radius 3 is 2.62 bits per heavy atom. The van der Waals surface area contributed by atoms with Crippen LogP contribution in [-0.4, -0.2) is 16.5 Å². The third-order valence-corrected chi connectivity index (χ3v) is 8.46. The zero-order valence-corrected chi connectivity index (χ0v) is 13.7. The van der Waals surface area contributed by atoms with Crippen molar-refractivity contribution in [3.8, 4) is 0 Å². The van der Waals surface area contributed by atoms with Crippen molar-refractivity contribution in [1.82, 2.24) is 0 Å². The molecule has 1 N–H and O–H groups in total. The molecule has 0 heterocycles. The molecule has 118 valence electrons. The van der Waals surface area contributed by atoms with E-state index in [2.05, 4.69) is 13.8 Å². The maximum atomic E-state index is 11.9. The quantitative estimate of drug-likeness (QED) is 0.729. The summed E-state index contributed by atoms with van der Waals surface area (Å²) in [4.78, 5) is 11.9. The smallest absolute Gasteiger partial charge is 0.133 e. The number of fused-ring (bicyclic) bond motifs is 5. The van der Waals surface area contributed by atoms with Crippen LogP contribution in [-0.2, 0) is 4.79 Å². The molecule has 21 heavy (non-hydrogen) atoms. The van der Waals surface area contributed by atoms with Crippen molar-refractivity contribution in [2.24, 2.45) is 28.6 Å². The van der Waals surface area contributed by atoms with Crippen LogP contribution in [0.5, 0.6) is 0 Å². The van der Waals surface area contributed by atoms with Gasteiger partial charge in [0, 0.05) is 12.8 Å². The highest BCUT2D eigenvalue weighted by Crippen LogP contribution is 2.67. The fourth-order valence-electron chi connectivity index (χ4n) is 7.00. The van der Waals surface area contributed by atoms with Crippen LogP contribution in [0.3, 0.4) is 0 Å². The largest absolute Gasteiger partial charge is 0.389 e. The van der Waals surface area contributed by atoms with E-state index in [1.807, 2.05) is 0 Å². The van der Waals surface area contributed by atoms with Crippen molar-refractivity contribution in [3.05, 3.63) is 0 Å². The van der Waals surface area contributed by atoms with Gasteiger partial charge in [-0.2, -0.15) is 0 Å². The molecule has 0 aromatic rings. The summed E-state index contributed by atoms with van der Waals surface area (Å²) in [6.45, 7) is 4.79. The lowest BCUT2D eigenvalue weighted by molar-refractivity contribution is -0.197. The molecule has 4 saturated carbocycles. The molecule has 4 aliphatic rings. The van der Waals surface area contributed by atoms with Gasteiger partial charge in [0.05, 0.1) is 5.60 Å². The second-order valence-electron chi connectivity index (χ2n) is 9.11. The van der Waals surface area contributed by atoms with E-state index in [0.29, 0.717) is 29.0 Å². The number of hydrogen-bond acceptors (Lipinski definition) is 2. The fourth-order valence-corrected chi connectivity index (χ4v) is 7.00. The molecule has 0 bridgehead atoms. The van der Waals surface area contributed by atoms with Gasteiger partial charge in [-0.25, -0.2) is 0 Å². The summed E-state index contributed by atoms with van der Waals surface area (Å²) >= 11 is 0. The minimum Gasteiger partial charge on any atom is -0.389 e. The minimum absolute atomic E-state index is 0.169. The maximum Gasteiger partial charge on any atom is 0.133 e. The first-order valence-electron chi connectivity index (χ1n) is 9.13. The molecule has 4 aliphatic carbocycles. The number of ketones is 1. The number of carbonyl (C=O) groups is 1. The number of aliphatic hydroxyl groups is 1. The zero-order chi connectivity index (χ0) is 14.9. The molecule has 0 spiro atoms. The fraction of sp³-hybridized carbons (Fsp3) is 0.947. The van der Waals surface area contributed by atoms with E-state index in [1.54, 1.807) is 0 Å². The average molecular weight is 290 g/mol. The number of carbonyl (C=O) groups excluding carboxylic acids is 1. The van der Waals surface area contributed by atoms with E-state index >= 15 is 0 Å². The molecular formula is C19H30O2. The van der Waals surface area contributed by atoms with Crippen LogP contribution in [0.25, 0.3) is 0 Å². The Balaban J connectivity index is 1.69. The second kappa shape index (κ2) is 4.34. The Kier molecular flexibility index (Phi) is 2.94. The van der Waals surface area contributed by atoms with E-state index in [-0.39, 0.29) is 5.41 Å². The number of hydrogen-bond donors (Lipinski definition) is 1. The van der Waals surface area contributed by atoms with Crippen molar-refractivity contribution in [3.63, 3.8) is 0 Å². The SMILES string of the molecule is CC12CCC(=O)C[C@H]1CCC1C2CCC2(C)CCC[C@@]12O. The first kappa shape index (κ1) is 14.2. The average Bonchev–Trinajstić information content (AvgIpc) is 2.75. The van der Waals surface area contributed by atoms with Crippen LogP contribution >= 0.6 is 0 Å². The van der Waals surface area contributed by atoms with Gasteiger partial charge in [-0.15, -0.1) is 0 Å². The van der Waals surface area contributed by atoms with Gasteiger partial charge in [-0.1, -0.05) is 13.8 Å².